The summed E-state index contributed by atoms with van der Waals surface area (Å²) in [7, 11) is 0. The summed E-state index contributed by atoms with van der Waals surface area (Å²) in [6.45, 7) is 0. The molecule has 3 nitrogen and oxygen atoms in total. The van der Waals surface area contributed by atoms with Crippen molar-refractivity contribution in [1.82, 2.24) is 0 Å². The Balaban J connectivity index is 1.84. The number of nitrogen functional groups attached to an aromatic ring is 1. The molecule has 0 saturated carbocycles. The van der Waals surface area contributed by atoms with E-state index < -0.39 is 0 Å². The van der Waals surface area contributed by atoms with E-state index in [-0.39, 0.29) is 0 Å². The molecule has 4 aromatic rings. The van der Waals surface area contributed by atoms with Crippen LogP contribution in [0.15, 0.2) is 69.6 Å². The van der Waals surface area contributed by atoms with E-state index in [2.05, 4.69) is 33.4 Å². The first-order valence-corrected chi connectivity index (χ1v) is 7.73. The Bertz CT molecular complexity index is 991. The predicted octanol–water partition coefficient (Wildman–Crippen LogP) is 5.67. The Morgan fingerprint density at radius 2 is 1.59 bits per heavy atom. The number of hydrogen-bond donors (Lipinski definition) is 2. The topological polar surface area (TPSA) is 51.2 Å². The first-order chi connectivity index (χ1) is 10.7. The van der Waals surface area contributed by atoms with Crippen LogP contribution in [-0.2, 0) is 0 Å². The number of halogens is 1. The SMILES string of the molecule is Nc1ccccc1Nc1ccc2oc3ccc(Br)cc3c2c1. The number of nitrogens with one attached hydrogen (secondary N) is 1. The van der Waals surface area contributed by atoms with Crippen LogP contribution in [-0.4, -0.2) is 0 Å². The smallest absolute Gasteiger partial charge is 0.135 e. The summed E-state index contributed by atoms with van der Waals surface area (Å²) in [4.78, 5) is 0. The van der Waals surface area contributed by atoms with Gasteiger partial charge in [0.1, 0.15) is 11.2 Å². The molecule has 4 heteroatoms. The van der Waals surface area contributed by atoms with Crippen molar-refractivity contribution in [2.24, 2.45) is 0 Å². The molecule has 0 radical (unpaired) electrons. The zero-order chi connectivity index (χ0) is 15.1. The standard InChI is InChI=1S/C18H13BrN2O/c19-11-5-7-17-13(9-11)14-10-12(6-8-18(14)22-17)21-16-4-2-1-3-15(16)20/h1-10,21H,20H2. The minimum Gasteiger partial charge on any atom is -0.456 e. The molecule has 0 amide bonds. The zero-order valence-corrected chi connectivity index (χ0v) is 13.2. The van der Waals surface area contributed by atoms with Gasteiger partial charge in [-0.05, 0) is 48.5 Å². The lowest BCUT2D eigenvalue weighted by molar-refractivity contribution is 0.669. The van der Waals surface area contributed by atoms with Gasteiger partial charge in [0.2, 0.25) is 0 Å². The Hall–Kier alpha value is -2.46. The molecule has 1 aromatic heterocycles. The Kier molecular flexibility index (Phi) is 3.05. The fraction of sp³-hybridized carbons (Fsp3) is 0. The van der Waals surface area contributed by atoms with Gasteiger partial charge >= 0.3 is 0 Å². The average Bonchev–Trinajstić information content (AvgIpc) is 2.87. The van der Waals surface area contributed by atoms with Crippen molar-refractivity contribution in [1.29, 1.82) is 0 Å². The van der Waals surface area contributed by atoms with Crippen molar-refractivity contribution in [3.05, 3.63) is 65.1 Å². The molecule has 1 heterocycles. The molecular weight excluding hydrogens is 340 g/mol. The van der Waals surface area contributed by atoms with E-state index in [1.54, 1.807) is 0 Å². The third-order valence-electron chi connectivity index (χ3n) is 3.67. The fourth-order valence-electron chi connectivity index (χ4n) is 2.59. The second kappa shape index (κ2) is 5.07. The maximum atomic E-state index is 5.98. The van der Waals surface area contributed by atoms with Gasteiger partial charge in [0.25, 0.3) is 0 Å². The molecule has 0 aliphatic heterocycles. The first kappa shape index (κ1) is 13.2. The predicted molar refractivity (Wildman–Crippen MR) is 95.6 cm³/mol. The van der Waals surface area contributed by atoms with Gasteiger partial charge in [0.15, 0.2) is 0 Å². The fourth-order valence-corrected chi connectivity index (χ4v) is 2.95. The van der Waals surface area contributed by atoms with Gasteiger partial charge in [-0.3, -0.25) is 0 Å². The highest BCUT2D eigenvalue weighted by Crippen LogP contribution is 2.33. The lowest BCUT2D eigenvalue weighted by Crippen LogP contribution is -1.95. The minimum atomic E-state index is 0.724. The van der Waals surface area contributed by atoms with Gasteiger partial charge < -0.3 is 15.5 Å². The number of benzene rings is 3. The van der Waals surface area contributed by atoms with Crippen LogP contribution in [0.25, 0.3) is 21.9 Å². The highest BCUT2D eigenvalue weighted by atomic mass is 79.9. The number of nitrogens with two attached hydrogens (primary N) is 1. The van der Waals surface area contributed by atoms with E-state index in [0.717, 1.165) is 43.5 Å². The minimum absolute atomic E-state index is 0.724. The van der Waals surface area contributed by atoms with Gasteiger partial charge in [-0.25, -0.2) is 0 Å². The molecule has 4 rings (SSSR count). The summed E-state index contributed by atoms with van der Waals surface area (Å²) < 4.78 is 6.90. The van der Waals surface area contributed by atoms with E-state index in [4.69, 9.17) is 10.2 Å². The largest absolute Gasteiger partial charge is 0.456 e. The molecular formula is C18H13BrN2O. The van der Waals surface area contributed by atoms with Crippen molar-refractivity contribution in [3.63, 3.8) is 0 Å². The highest BCUT2D eigenvalue weighted by molar-refractivity contribution is 9.10. The molecule has 0 fully saturated rings. The molecule has 0 unspecified atom stereocenters. The van der Waals surface area contributed by atoms with Crippen LogP contribution >= 0.6 is 15.9 Å². The lowest BCUT2D eigenvalue weighted by Gasteiger charge is -2.08. The van der Waals surface area contributed by atoms with Crippen LogP contribution in [0.3, 0.4) is 0 Å². The molecule has 0 atom stereocenters. The zero-order valence-electron chi connectivity index (χ0n) is 11.6. The third-order valence-corrected chi connectivity index (χ3v) is 4.16. The van der Waals surface area contributed by atoms with E-state index in [9.17, 15) is 0 Å². The van der Waals surface area contributed by atoms with Crippen LogP contribution in [0.2, 0.25) is 0 Å². The number of furan rings is 1. The number of para-hydroxylation sites is 2. The van der Waals surface area contributed by atoms with E-state index >= 15 is 0 Å². The molecule has 108 valence electrons. The Labute approximate surface area is 135 Å². The van der Waals surface area contributed by atoms with E-state index in [1.807, 2.05) is 48.5 Å². The summed E-state index contributed by atoms with van der Waals surface area (Å²) in [6, 6.07) is 19.8. The Morgan fingerprint density at radius 1 is 0.864 bits per heavy atom. The molecule has 22 heavy (non-hydrogen) atoms. The summed E-state index contributed by atoms with van der Waals surface area (Å²) in [6.07, 6.45) is 0. The van der Waals surface area contributed by atoms with Crippen molar-refractivity contribution >= 4 is 54.9 Å². The normalized spacial score (nSPS) is 11.1. The number of rotatable bonds is 2. The second-order valence-corrected chi connectivity index (χ2v) is 6.08. The molecule has 0 spiro atoms. The van der Waals surface area contributed by atoms with Crippen LogP contribution in [0.5, 0.6) is 0 Å². The number of fused-ring (bicyclic) bond motifs is 3. The molecule has 0 aliphatic carbocycles. The monoisotopic (exact) mass is 352 g/mol. The number of hydrogen-bond acceptors (Lipinski definition) is 3. The van der Waals surface area contributed by atoms with E-state index in [0.29, 0.717) is 0 Å². The Morgan fingerprint density at radius 3 is 2.41 bits per heavy atom. The maximum absolute atomic E-state index is 5.98. The molecule has 3 aromatic carbocycles. The van der Waals surface area contributed by atoms with Crippen molar-refractivity contribution in [2.75, 3.05) is 11.1 Å². The summed E-state index contributed by atoms with van der Waals surface area (Å²) in [5.74, 6) is 0. The quantitative estimate of drug-likeness (QED) is 0.456. The van der Waals surface area contributed by atoms with Crippen LogP contribution in [0, 0.1) is 0 Å². The number of anilines is 3. The molecule has 0 saturated heterocycles. The third kappa shape index (κ3) is 2.22. The lowest BCUT2D eigenvalue weighted by atomic mass is 10.1. The van der Waals surface area contributed by atoms with Gasteiger partial charge in [0.05, 0.1) is 11.4 Å². The van der Waals surface area contributed by atoms with Crippen molar-refractivity contribution in [3.8, 4) is 0 Å². The highest BCUT2D eigenvalue weighted by Gasteiger charge is 2.08. The van der Waals surface area contributed by atoms with Crippen LogP contribution < -0.4 is 11.1 Å². The molecule has 0 aliphatic rings. The van der Waals surface area contributed by atoms with Crippen LogP contribution in [0.1, 0.15) is 0 Å². The molecule has 3 N–H and O–H groups in total. The molecule has 0 bridgehead atoms. The van der Waals surface area contributed by atoms with Gasteiger partial charge in [0, 0.05) is 20.9 Å². The summed E-state index contributed by atoms with van der Waals surface area (Å²) in [5.41, 5.74) is 10.3. The van der Waals surface area contributed by atoms with Gasteiger partial charge in [-0.15, -0.1) is 0 Å². The maximum Gasteiger partial charge on any atom is 0.135 e. The van der Waals surface area contributed by atoms with Crippen molar-refractivity contribution < 1.29 is 4.42 Å². The van der Waals surface area contributed by atoms with Gasteiger partial charge in [-0.1, -0.05) is 28.1 Å². The average molecular weight is 353 g/mol. The van der Waals surface area contributed by atoms with Crippen LogP contribution in [0.4, 0.5) is 17.1 Å². The summed E-state index contributed by atoms with van der Waals surface area (Å²) >= 11 is 3.51. The summed E-state index contributed by atoms with van der Waals surface area (Å²) in [5, 5.41) is 5.53. The van der Waals surface area contributed by atoms with E-state index in [1.165, 1.54) is 0 Å². The van der Waals surface area contributed by atoms with Gasteiger partial charge in [-0.2, -0.15) is 0 Å². The van der Waals surface area contributed by atoms with Crippen molar-refractivity contribution in [2.45, 2.75) is 0 Å². The second-order valence-electron chi connectivity index (χ2n) is 5.17. The first-order valence-electron chi connectivity index (χ1n) is 6.94.